The number of aromatic nitrogens is 3. The van der Waals surface area contributed by atoms with Crippen molar-refractivity contribution in [3.05, 3.63) is 29.6 Å². The second kappa shape index (κ2) is 3.49. The van der Waals surface area contributed by atoms with Crippen molar-refractivity contribution in [3.8, 4) is 0 Å². The van der Waals surface area contributed by atoms with Crippen LogP contribution in [0.4, 0.5) is 12.0 Å². The zero-order valence-electron chi connectivity index (χ0n) is 7.85. The molecule has 0 aliphatic rings. The van der Waals surface area contributed by atoms with Crippen molar-refractivity contribution in [2.75, 3.05) is 5.32 Å². The minimum atomic E-state index is 0.211. The third kappa shape index (κ3) is 1.49. The Labute approximate surface area is 94.2 Å². The highest BCUT2D eigenvalue weighted by Crippen LogP contribution is 2.26. The van der Waals surface area contributed by atoms with Crippen molar-refractivity contribution < 1.29 is 8.83 Å². The van der Waals surface area contributed by atoms with Gasteiger partial charge in [0, 0.05) is 0 Å². The van der Waals surface area contributed by atoms with Crippen LogP contribution in [0.15, 0.2) is 33.4 Å². The number of halogens is 1. The van der Waals surface area contributed by atoms with Gasteiger partial charge in [0.2, 0.25) is 6.39 Å². The molecule has 0 aliphatic heterocycles. The fraction of sp³-hybridized carbons (Fsp3) is 0. The first-order valence-electron chi connectivity index (χ1n) is 4.41. The van der Waals surface area contributed by atoms with E-state index in [1.807, 2.05) is 0 Å². The maximum atomic E-state index is 5.95. The van der Waals surface area contributed by atoms with Crippen molar-refractivity contribution in [1.29, 1.82) is 0 Å². The minimum absolute atomic E-state index is 0.211. The number of oxazole rings is 1. The zero-order chi connectivity index (χ0) is 11.0. The van der Waals surface area contributed by atoms with Crippen LogP contribution < -0.4 is 5.32 Å². The number of nitrogens with one attached hydrogen (secondary N) is 1. The summed E-state index contributed by atoms with van der Waals surface area (Å²) in [6, 6.07) is 5.76. The number of anilines is 2. The van der Waals surface area contributed by atoms with E-state index in [2.05, 4.69) is 20.5 Å². The van der Waals surface area contributed by atoms with Crippen LogP contribution in [0.1, 0.15) is 0 Å². The second-order valence-electron chi connectivity index (χ2n) is 2.97. The normalized spacial score (nSPS) is 10.8. The highest BCUT2D eigenvalue weighted by Gasteiger charge is 2.10. The van der Waals surface area contributed by atoms with E-state index in [-0.39, 0.29) is 12.0 Å². The van der Waals surface area contributed by atoms with Crippen LogP contribution in [-0.4, -0.2) is 15.2 Å². The van der Waals surface area contributed by atoms with E-state index in [4.69, 9.17) is 20.4 Å². The number of hydrogen-bond acceptors (Lipinski definition) is 6. The smallest absolute Gasteiger partial charge is 0.323 e. The van der Waals surface area contributed by atoms with Crippen molar-refractivity contribution in [2.24, 2.45) is 0 Å². The summed E-state index contributed by atoms with van der Waals surface area (Å²) in [5.74, 6) is 0. The van der Waals surface area contributed by atoms with Crippen LogP contribution >= 0.6 is 11.6 Å². The summed E-state index contributed by atoms with van der Waals surface area (Å²) in [6.07, 6.45) is 1.21. The van der Waals surface area contributed by atoms with E-state index >= 15 is 0 Å². The summed E-state index contributed by atoms with van der Waals surface area (Å²) < 4.78 is 10.3. The van der Waals surface area contributed by atoms with E-state index in [0.717, 1.165) is 0 Å². The Balaban J connectivity index is 2.02. The molecule has 0 amide bonds. The first-order valence-corrected chi connectivity index (χ1v) is 4.79. The lowest BCUT2D eigenvalue weighted by Gasteiger charge is -1.90. The molecule has 0 saturated heterocycles. The maximum Gasteiger partial charge on any atom is 0.323 e. The van der Waals surface area contributed by atoms with Crippen molar-refractivity contribution in [2.45, 2.75) is 0 Å². The molecule has 0 bridgehead atoms. The van der Waals surface area contributed by atoms with E-state index < -0.39 is 0 Å². The van der Waals surface area contributed by atoms with Crippen LogP contribution in [0, 0.1) is 0 Å². The number of rotatable bonds is 2. The molecular weight excluding hydrogens is 232 g/mol. The van der Waals surface area contributed by atoms with Gasteiger partial charge >= 0.3 is 12.0 Å². The average molecular weight is 237 g/mol. The molecule has 6 nitrogen and oxygen atoms in total. The first-order chi connectivity index (χ1) is 7.83. The Morgan fingerprint density at radius 2 is 2.19 bits per heavy atom. The SMILES string of the molecule is Clc1cccc2oc(Nc3nnco3)nc12. The summed E-state index contributed by atoms with van der Waals surface area (Å²) in [6.45, 7) is 0. The van der Waals surface area contributed by atoms with Gasteiger partial charge in [0.15, 0.2) is 5.58 Å². The summed E-state index contributed by atoms with van der Waals surface area (Å²) in [7, 11) is 0. The summed E-state index contributed by atoms with van der Waals surface area (Å²) in [4.78, 5) is 4.15. The van der Waals surface area contributed by atoms with Gasteiger partial charge in [0.25, 0.3) is 0 Å². The van der Waals surface area contributed by atoms with E-state index in [1.165, 1.54) is 6.39 Å². The molecule has 3 rings (SSSR count). The highest BCUT2D eigenvalue weighted by atomic mass is 35.5. The van der Waals surface area contributed by atoms with Gasteiger partial charge in [0.1, 0.15) is 5.52 Å². The summed E-state index contributed by atoms with van der Waals surface area (Å²) >= 11 is 5.95. The molecule has 1 aromatic carbocycles. The molecule has 16 heavy (non-hydrogen) atoms. The monoisotopic (exact) mass is 236 g/mol. The molecule has 0 radical (unpaired) electrons. The highest BCUT2D eigenvalue weighted by molar-refractivity contribution is 6.34. The molecule has 0 fully saturated rings. The standard InChI is InChI=1S/C9H5ClN4O2/c10-5-2-1-3-6-7(5)12-8(16-6)13-9-14-11-4-15-9/h1-4H,(H,12,13,14). The molecule has 7 heteroatoms. The molecule has 2 heterocycles. The Hall–Kier alpha value is -2.08. The molecule has 0 saturated carbocycles. The fourth-order valence-corrected chi connectivity index (χ4v) is 1.50. The number of nitrogens with zero attached hydrogens (tertiary/aromatic N) is 3. The van der Waals surface area contributed by atoms with Gasteiger partial charge in [-0.05, 0) is 12.1 Å². The average Bonchev–Trinajstić information content (AvgIpc) is 2.88. The van der Waals surface area contributed by atoms with Crippen LogP contribution in [-0.2, 0) is 0 Å². The first kappa shape index (κ1) is 9.17. The van der Waals surface area contributed by atoms with Gasteiger partial charge in [0.05, 0.1) is 5.02 Å². The van der Waals surface area contributed by atoms with Gasteiger partial charge in [-0.1, -0.05) is 22.8 Å². The summed E-state index contributed by atoms with van der Waals surface area (Å²) in [5.41, 5.74) is 1.18. The fourth-order valence-electron chi connectivity index (χ4n) is 1.29. The van der Waals surface area contributed by atoms with Crippen LogP contribution in [0.3, 0.4) is 0 Å². The molecule has 2 aromatic heterocycles. The number of para-hydroxylation sites is 1. The molecule has 3 aromatic rings. The van der Waals surface area contributed by atoms with Crippen LogP contribution in [0.5, 0.6) is 0 Å². The lowest BCUT2D eigenvalue weighted by molar-refractivity contribution is 0.559. The van der Waals surface area contributed by atoms with Gasteiger partial charge in [-0.25, -0.2) is 0 Å². The van der Waals surface area contributed by atoms with Crippen molar-refractivity contribution in [1.82, 2.24) is 15.2 Å². The Morgan fingerprint density at radius 1 is 1.25 bits per heavy atom. The maximum absolute atomic E-state index is 5.95. The van der Waals surface area contributed by atoms with Gasteiger partial charge in [-0.2, -0.15) is 4.98 Å². The van der Waals surface area contributed by atoms with Gasteiger partial charge in [-0.3, -0.25) is 5.32 Å². The van der Waals surface area contributed by atoms with E-state index in [1.54, 1.807) is 18.2 Å². The van der Waals surface area contributed by atoms with E-state index in [0.29, 0.717) is 16.1 Å². The van der Waals surface area contributed by atoms with Gasteiger partial charge in [-0.15, -0.1) is 5.10 Å². The van der Waals surface area contributed by atoms with Crippen molar-refractivity contribution in [3.63, 3.8) is 0 Å². The lowest BCUT2D eigenvalue weighted by Crippen LogP contribution is -1.89. The molecule has 0 spiro atoms. The van der Waals surface area contributed by atoms with Gasteiger partial charge < -0.3 is 8.83 Å². The van der Waals surface area contributed by atoms with Crippen molar-refractivity contribution >= 4 is 34.7 Å². The third-order valence-electron chi connectivity index (χ3n) is 1.94. The Bertz CT molecular complexity index is 620. The predicted octanol–water partition coefficient (Wildman–Crippen LogP) is 2.61. The quantitative estimate of drug-likeness (QED) is 0.737. The van der Waals surface area contributed by atoms with E-state index in [9.17, 15) is 0 Å². The Kier molecular flexibility index (Phi) is 2.00. The molecule has 0 aliphatic carbocycles. The molecule has 0 unspecified atom stereocenters. The largest absolute Gasteiger partial charge is 0.423 e. The molecule has 0 atom stereocenters. The zero-order valence-corrected chi connectivity index (χ0v) is 8.60. The number of fused-ring (bicyclic) bond motifs is 1. The number of benzene rings is 1. The third-order valence-corrected chi connectivity index (χ3v) is 2.25. The predicted molar refractivity (Wildman–Crippen MR) is 56.6 cm³/mol. The Morgan fingerprint density at radius 3 is 2.94 bits per heavy atom. The summed E-state index contributed by atoms with van der Waals surface area (Å²) in [5, 5.41) is 10.4. The number of hydrogen-bond donors (Lipinski definition) is 1. The second-order valence-corrected chi connectivity index (χ2v) is 3.38. The topological polar surface area (TPSA) is 77.0 Å². The molecule has 1 N–H and O–H groups in total. The lowest BCUT2D eigenvalue weighted by atomic mass is 10.3. The molecular formula is C9H5ClN4O2. The minimum Gasteiger partial charge on any atom is -0.423 e. The molecule has 80 valence electrons. The van der Waals surface area contributed by atoms with Crippen LogP contribution in [0.25, 0.3) is 11.1 Å². The van der Waals surface area contributed by atoms with Crippen LogP contribution in [0.2, 0.25) is 5.02 Å².